The van der Waals surface area contributed by atoms with Gasteiger partial charge < -0.3 is 9.80 Å². The summed E-state index contributed by atoms with van der Waals surface area (Å²) in [7, 11) is 2.14. The molecular formula is C22H27BrClFN4. The number of fused-ring (bicyclic) bond motifs is 1. The van der Waals surface area contributed by atoms with Crippen molar-refractivity contribution in [1.82, 2.24) is 14.9 Å². The minimum Gasteiger partial charge on any atom is -0.356 e. The maximum absolute atomic E-state index is 15.2. The maximum Gasteiger partial charge on any atom is 0.165 e. The van der Waals surface area contributed by atoms with Gasteiger partial charge in [0.05, 0.1) is 9.50 Å². The van der Waals surface area contributed by atoms with Crippen molar-refractivity contribution in [2.75, 3.05) is 38.1 Å². The van der Waals surface area contributed by atoms with E-state index in [0.717, 1.165) is 56.0 Å². The first-order valence-corrected chi connectivity index (χ1v) is 11.9. The summed E-state index contributed by atoms with van der Waals surface area (Å²) in [6.07, 6.45) is 8.52. The second-order valence-corrected chi connectivity index (χ2v) is 10.4. The van der Waals surface area contributed by atoms with Gasteiger partial charge in [0.15, 0.2) is 5.82 Å². The number of anilines is 1. The Morgan fingerprint density at radius 2 is 1.79 bits per heavy atom. The summed E-state index contributed by atoms with van der Waals surface area (Å²) in [6.45, 7) is 4.02. The molecule has 0 amide bonds. The number of hydrogen-bond acceptors (Lipinski definition) is 4. The van der Waals surface area contributed by atoms with E-state index >= 15 is 4.39 Å². The molecule has 2 aromatic rings. The third-order valence-electron chi connectivity index (χ3n) is 7.45. The van der Waals surface area contributed by atoms with Gasteiger partial charge in [-0.1, -0.05) is 18.0 Å². The Balaban J connectivity index is 1.57. The molecule has 3 fully saturated rings. The SMILES string of the molecule is CN1CCC(c2nc(N3CCC4(CCC4)CC3)c3cc(Cl)c(Br)c(F)c3n2)CC1. The van der Waals surface area contributed by atoms with Crippen molar-refractivity contribution >= 4 is 44.3 Å². The van der Waals surface area contributed by atoms with Crippen molar-refractivity contribution in [2.45, 2.75) is 50.9 Å². The van der Waals surface area contributed by atoms with Crippen LogP contribution in [0.3, 0.4) is 0 Å². The number of halogens is 3. The van der Waals surface area contributed by atoms with Crippen LogP contribution in [-0.4, -0.2) is 48.1 Å². The van der Waals surface area contributed by atoms with E-state index in [4.69, 9.17) is 21.6 Å². The standard InChI is InChI=1S/C22H27BrClFN4/c1-28-9-3-14(4-10-28)20-26-19-15(13-16(24)17(23)18(19)25)21(27-20)29-11-7-22(8-12-29)5-2-6-22/h13-14H,2-12H2,1H3. The van der Waals surface area contributed by atoms with Gasteiger partial charge in [0.1, 0.15) is 17.2 Å². The van der Waals surface area contributed by atoms with Gasteiger partial charge in [-0.05, 0) is 86.1 Å². The van der Waals surface area contributed by atoms with Crippen LogP contribution in [0, 0.1) is 11.2 Å². The lowest BCUT2D eigenvalue weighted by Crippen LogP contribution is -2.44. The Kier molecular flexibility index (Phi) is 5.24. The monoisotopic (exact) mass is 480 g/mol. The van der Waals surface area contributed by atoms with Crippen LogP contribution >= 0.6 is 27.5 Å². The van der Waals surface area contributed by atoms with Gasteiger partial charge in [0.25, 0.3) is 0 Å². The molecule has 3 heterocycles. The molecule has 1 aromatic heterocycles. The molecule has 4 nitrogen and oxygen atoms in total. The molecule has 0 radical (unpaired) electrons. The molecule has 2 saturated heterocycles. The summed E-state index contributed by atoms with van der Waals surface area (Å²) >= 11 is 9.61. The Morgan fingerprint density at radius 1 is 1.10 bits per heavy atom. The molecule has 5 rings (SSSR count). The number of hydrogen-bond donors (Lipinski definition) is 0. The molecule has 2 aliphatic heterocycles. The molecule has 156 valence electrons. The van der Waals surface area contributed by atoms with Crippen LogP contribution in [0.25, 0.3) is 10.9 Å². The number of aromatic nitrogens is 2. The lowest BCUT2D eigenvalue weighted by molar-refractivity contribution is 0.0953. The summed E-state index contributed by atoms with van der Waals surface area (Å²) < 4.78 is 15.4. The van der Waals surface area contributed by atoms with E-state index in [2.05, 4.69) is 32.8 Å². The Hall–Kier alpha value is -0.980. The van der Waals surface area contributed by atoms with Gasteiger partial charge in [-0.15, -0.1) is 0 Å². The van der Waals surface area contributed by atoms with Crippen LogP contribution in [0.4, 0.5) is 10.2 Å². The van der Waals surface area contributed by atoms with Gasteiger partial charge in [0.2, 0.25) is 0 Å². The minimum absolute atomic E-state index is 0.283. The molecule has 3 aliphatic rings. The molecule has 7 heteroatoms. The fraction of sp³-hybridized carbons (Fsp3) is 0.636. The number of nitrogens with zero attached hydrogens (tertiary/aromatic N) is 4. The number of rotatable bonds is 2. The van der Waals surface area contributed by atoms with Gasteiger partial charge in [-0.25, -0.2) is 14.4 Å². The zero-order valence-electron chi connectivity index (χ0n) is 16.9. The fourth-order valence-corrected chi connectivity index (χ4v) is 5.73. The highest BCUT2D eigenvalue weighted by Gasteiger charge is 2.40. The van der Waals surface area contributed by atoms with E-state index in [9.17, 15) is 0 Å². The molecule has 0 bridgehead atoms. The van der Waals surface area contributed by atoms with Gasteiger partial charge in [-0.2, -0.15) is 0 Å². The molecule has 1 spiro atoms. The fourth-order valence-electron chi connectivity index (χ4n) is 5.23. The van der Waals surface area contributed by atoms with Crippen molar-refractivity contribution in [3.05, 3.63) is 27.2 Å². The number of piperidine rings is 2. The normalized spacial score (nSPS) is 23.0. The third kappa shape index (κ3) is 3.55. The average Bonchev–Trinajstić information content (AvgIpc) is 2.71. The first-order valence-electron chi connectivity index (χ1n) is 10.7. The molecule has 29 heavy (non-hydrogen) atoms. The largest absolute Gasteiger partial charge is 0.356 e. The average molecular weight is 482 g/mol. The smallest absolute Gasteiger partial charge is 0.165 e. The molecule has 1 saturated carbocycles. The van der Waals surface area contributed by atoms with Crippen molar-refractivity contribution in [1.29, 1.82) is 0 Å². The molecule has 0 unspecified atom stereocenters. The van der Waals surface area contributed by atoms with Crippen LogP contribution in [0.15, 0.2) is 10.5 Å². The Labute approximate surface area is 185 Å². The third-order valence-corrected chi connectivity index (χ3v) is 8.75. The highest BCUT2D eigenvalue weighted by Crippen LogP contribution is 2.49. The Bertz CT molecular complexity index is 930. The lowest BCUT2D eigenvalue weighted by atomic mass is 9.63. The first kappa shape index (κ1) is 20.0. The summed E-state index contributed by atoms with van der Waals surface area (Å²) in [5, 5.41) is 1.11. The number of benzene rings is 1. The quantitative estimate of drug-likeness (QED) is 0.510. The second kappa shape index (κ2) is 7.61. The topological polar surface area (TPSA) is 32.3 Å². The molecule has 0 N–H and O–H groups in total. The van der Waals surface area contributed by atoms with Crippen LogP contribution in [0.5, 0.6) is 0 Å². The van der Waals surface area contributed by atoms with Crippen molar-refractivity contribution in [3.8, 4) is 0 Å². The predicted molar refractivity (Wildman–Crippen MR) is 119 cm³/mol. The molecule has 1 aromatic carbocycles. The highest BCUT2D eigenvalue weighted by atomic mass is 79.9. The molecule has 1 aliphatic carbocycles. The van der Waals surface area contributed by atoms with E-state index in [1.807, 2.05) is 6.07 Å². The zero-order chi connectivity index (χ0) is 20.2. The summed E-state index contributed by atoms with van der Waals surface area (Å²) in [4.78, 5) is 14.4. The Morgan fingerprint density at radius 3 is 2.41 bits per heavy atom. The van der Waals surface area contributed by atoms with Crippen LogP contribution in [-0.2, 0) is 0 Å². The highest BCUT2D eigenvalue weighted by molar-refractivity contribution is 9.10. The van der Waals surface area contributed by atoms with E-state index in [0.29, 0.717) is 16.0 Å². The maximum atomic E-state index is 15.2. The predicted octanol–water partition coefficient (Wildman–Crippen LogP) is 5.76. The summed E-state index contributed by atoms with van der Waals surface area (Å²) in [5.74, 6) is 1.56. The van der Waals surface area contributed by atoms with Crippen LogP contribution in [0.2, 0.25) is 5.02 Å². The first-order chi connectivity index (χ1) is 14.0. The summed E-state index contributed by atoms with van der Waals surface area (Å²) in [6, 6.07) is 1.82. The summed E-state index contributed by atoms with van der Waals surface area (Å²) in [5.41, 5.74) is 0.950. The van der Waals surface area contributed by atoms with E-state index in [1.54, 1.807) is 0 Å². The van der Waals surface area contributed by atoms with E-state index in [1.165, 1.54) is 32.1 Å². The van der Waals surface area contributed by atoms with Gasteiger partial charge >= 0.3 is 0 Å². The van der Waals surface area contributed by atoms with Gasteiger partial charge in [-0.3, -0.25) is 0 Å². The zero-order valence-corrected chi connectivity index (χ0v) is 19.2. The molecular weight excluding hydrogens is 455 g/mol. The second-order valence-electron chi connectivity index (χ2n) is 9.21. The van der Waals surface area contributed by atoms with E-state index in [-0.39, 0.29) is 16.2 Å². The van der Waals surface area contributed by atoms with Crippen LogP contribution < -0.4 is 4.90 Å². The number of likely N-dealkylation sites (tertiary alicyclic amines) is 1. The lowest BCUT2D eigenvalue weighted by Gasteiger charge is -2.48. The van der Waals surface area contributed by atoms with Crippen molar-refractivity contribution in [2.24, 2.45) is 5.41 Å². The van der Waals surface area contributed by atoms with Crippen molar-refractivity contribution in [3.63, 3.8) is 0 Å². The van der Waals surface area contributed by atoms with E-state index < -0.39 is 0 Å². The van der Waals surface area contributed by atoms with Crippen LogP contribution in [0.1, 0.15) is 56.7 Å². The van der Waals surface area contributed by atoms with Gasteiger partial charge in [0, 0.05) is 24.4 Å². The molecule has 0 atom stereocenters. The minimum atomic E-state index is -0.377. The van der Waals surface area contributed by atoms with Crippen molar-refractivity contribution < 1.29 is 4.39 Å².